The van der Waals surface area contributed by atoms with Gasteiger partial charge in [-0.3, -0.25) is 4.90 Å². The van der Waals surface area contributed by atoms with Crippen molar-refractivity contribution in [1.29, 1.82) is 0 Å². The van der Waals surface area contributed by atoms with E-state index in [1.165, 1.54) is 19.3 Å². The molecular weight excluding hydrogens is 372 g/mol. The predicted molar refractivity (Wildman–Crippen MR) is 107 cm³/mol. The molecule has 0 rings (SSSR count). The van der Waals surface area contributed by atoms with Crippen LogP contribution < -0.4 is 0 Å². The van der Waals surface area contributed by atoms with Gasteiger partial charge in [-0.15, -0.1) is 0 Å². The van der Waals surface area contributed by atoms with Gasteiger partial charge < -0.3 is 31.5 Å². The van der Waals surface area contributed by atoms with E-state index < -0.39 is 17.6 Å². The Morgan fingerprint density at radius 3 is 1.19 bits per heavy atom. The first-order valence-electron chi connectivity index (χ1n) is 9.04. The lowest BCUT2D eigenvalue weighted by molar-refractivity contribution is 0.0844. The van der Waals surface area contributed by atoms with Gasteiger partial charge in [0.05, 0.1) is 12.3 Å². The van der Waals surface area contributed by atoms with Gasteiger partial charge >= 0.3 is 17.6 Å². The van der Waals surface area contributed by atoms with Gasteiger partial charge in [-0.1, -0.05) is 12.8 Å². The van der Waals surface area contributed by atoms with E-state index in [0.717, 1.165) is 19.5 Å². The van der Waals surface area contributed by atoms with Crippen LogP contribution in [0.15, 0.2) is 0 Å². The second-order valence-electron chi connectivity index (χ2n) is 6.52. The third-order valence-corrected chi connectivity index (χ3v) is 9.93. The van der Waals surface area contributed by atoms with Crippen molar-refractivity contribution in [3.05, 3.63) is 0 Å². The molecule has 0 aliphatic rings. The van der Waals surface area contributed by atoms with Crippen LogP contribution in [0.2, 0.25) is 0 Å². The number of unbranched alkanes of at least 4 members (excludes halogenated alkanes) is 3. The molecular formula is C16H40N2O6Si2. The molecule has 0 aromatic rings. The quantitative estimate of drug-likeness (QED) is 0.261. The Hall–Kier alpha value is 0.114. The maximum absolute atomic E-state index is 5.59. The molecule has 0 fully saturated rings. The first-order chi connectivity index (χ1) is 12.4. The molecule has 0 heterocycles. The average molecular weight is 413 g/mol. The van der Waals surface area contributed by atoms with Crippen molar-refractivity contribution in [2.24, 2.45) is 0 Å². The highest BCUT2D eigenvalue weighted by Gasteiger charge is 2.45. The summed E-state index contributed by atoms with van der Waals surface area (Å²) in [6.45, 7) is 2.02. The Labute approximate surface area is 162 Å². The summed E-state index contributed by atoms with van der Waals surface area (Å²) >= 11 is 0. The molecule has 26 heavy (non-hydrogen) atoms. The summed E-state index contributed by atoms with van der Waals surface area (Å²) in [5, 5.41) is 0. The molecule has 0 amide bonds. The highest BCUT2D eigenvalue weighted by molar-refractivity contribution is 6.62. The van der Waals surface area contributed by atoms with E-state index in [-0.39, 0.29) is 0 Å². The summed E-state index contributed by atoms with van der Waals surface area (Å²) in [4.78, 5) is 4.45. The second kappa shape index (κ2) is 14.2. The fourth-order valence-corrected chi connectivity index (χ4v) is 6.40. The van der Waals surface area contributed by atoms with E-state index in [0.29, 0.717) is 12.3 Å². The Balaban J connectivity index is 4.83. The molecule has 0 aromatic heterocycles. The molecule has 0 aliphatic carbocycles. The Morgan fingerprint density at radius 1 is 0.538 bits per heavy atom. The van der Waals surface area contributed by atoms with Gasteiger partial charge in [0.15, 0.2) is 0 Å². The van der Waals surface area contributed by atoms with E-state index in [4.69, 9.17) is 26.6 Å². The van der Waals surface area contributed by atoms with Crippen LogP contribution in [0.5, 0.6) is 0 Å². The Bertz CT molecular complexity index is 306. The van der Waals surface area contributed by atoms with Crippen LogP contribution in [-0.4, -0.2) is 110 Å². The lowest BCUT2D eigenvalue weighted by atomic mass is 10.2. The summed E-state index contributed by atoms with van der Waals surface area (Å²) in [7, 11) is 8.54. The van der Waals surface area contributed by atoms with Crippen molar-refractivity contribution in [1.82, 2.24) is 9.80 Å². The zero-order chi connectivity index (χ0) is 20.1. The van der Waals surface area contributed by atoms with Crippen molar-refractivity contribution in [3.63, 3.8) is 0 Å². The number of rotatable bonds is 17. The highest BCUT2D eigenvalue weighted by Crippen LogP contribution is 2.15. The van der Waals surface area contributed by atoms with Crippen molar-refractivity contribution in [3.8, 4) is 0 Å². The number of hydrogen-bond acceptors (Lipinski definition) is 8. The largest absolute Gasteiger partial charge is 0.514 e. The van der Waals surface area contributed by atoms with Gasteiger partial charge in [0, 0.05) is 42.7 Å². The monoisotopic (exact) mass is 412 g/mol. The summed E-state index contributed by atoms with van der Waals surface area (Å²) in [5.74, 6) is 0. The fourth-order valence-electron chi connectivity index (χ4n) is 2.77. The zero-order valence-corrected chi connectivity index (χ0v) is 20.0. The summed E-state index contributed by atoms with van der Waals surface area (Å²) in [5.41, 5.74) is 0. The van der Waals surface area contributed by atoms with Crippen LogP contribution in [0.4, 0.5) is 0 Å². The number of nitrogens with zero attached hydrogens (tertiary/aromatic N) is 2. The molecule has 0 unspecified atom stereocenters. The average Bonchev–Trinajstić information content (AvgIpc) is 2.66. The maximum atomic E-state index is 5.59. The van der Waals surface area contributed by atoms with Gasteiger partial charge in [0.25, 0.3) is 0 Å². The van der Waals surface area contributed by atoms with Crippen LogP contribution in [0.25, 0.3) is 0 Å². The minimum Gasteiger partial charge on any atom is -0.376 e. The summed E-state index contributed by atoms with van der Waals surface area (Å²) in [6.07, 6.45) is 5.82. The molecule has 0 saturated heterocycles. The predicted octanol–water partition coefficient (Wildman–Crippen LogP) is 1.25. The third-order valence-electron chi connectivity index (χ3n) is 4.53. The molecule has 0 aliphatic heterocycles. The lowest BCUT2D eigenvalue weighted by Gasteiger charge is -2.35. The first-order valence-corrected chi connectivity index (χ1v) is 12.9. The molecule has 0 saturated carbocycles. The minimum atomic E-state index is -2.73. The van der Waals surface area contributed by atoms with Gasteiger partial charge in [-0.05, 0) is 40.0 Å². The van der Waals surface area contributed by atoms with E-state index >= 15 is 0 Å². The summed E-state index contributed by atoms with van der Waals surface area (Å²) in [6, 6.07) is 0. The normalized spacial score (nSPS) is 13.2. The topological polar surface area (TPSA) is 61.9 Å². The Kier molecular flexibility index (Phi) is 14.2. The first kappa shape index (κ1) is 26.1. The zero-order valence-electron chi connectivity index (χ0n) is 18.0. The minimum absolute atomic E-state index is 0.568. The van der Waals surface area contributed by atoms with Crippen molar-refractivity contribution in [2.45, 2.75) is 25.7 Å². The van der Waals surface area contributed by atoms with Crippen molar-refractivity contribution in [2.75, 3.05) is 82.2 Å². The molecule has 0 N–H and O–H groups in total. The summed E-state index contributed by atoms with van der Waals surface area (Å²) < 4.78 is 33.6. The smallest absolute Gasteiger partial charge is 0.376 e. The highest BCUT2D eigenvalue weighted by atomic mass is 28.4. The number of hydrogen-bond donors (Lipinski definition) is 0. The van der Waals surface area contributed by atoms with Gasteiger partial charge in [-0.2, -0.15) is 0 Å². The second-order valence-corrected chi connectivity index (χ2v) is 12.3. The fraction of sp³-hybridized carbons (Fsp3) is 1.00. The molecule has 0 radical (unpaired) electrons. The standard InChI is InChI=1S/C16H40N2O6Si2/c1-17(2)13-11-9-10-12-14-18(15-25(19-3,20-4)21-5)16-26(22-6,23-7)24-8/h9-16H2,1-8H3. The maximum Gasteiger partial charge on any atom is 0.514 e. The van der Waals surface area contributed by atoms with Gasteiger partial charge in [0.2, 0.25) is 0 Å². The molecule has 8 nitrogen and oxygen atoms in total. The van der Waals surface area contributed by atoms with E-state index in [1.54, 1.807) is 42.7 Å². The molecule has 0 aromatic carbocycles. The Morgan fingerprint density at radius 2 is 0.885 bits per heavy atom. The molecule has 0 bridgehead atoms. The molecule has 10 heteroatoms. The molecule has 158 valence electrons. The van der Waals surface area contributed by atoms with E-state index in [9.17, 15) is 0 Å². The lowest BCUT2D eigenvalue weighted by Crippen LogP contribution is -2.59. The van der Waals surface area contributed by atoms with E-state index in [1.807, 2.05) is 0 Å². The molecule has 0 atom stereocenters. The van der Waals surface area contributed by atoms with Crippen LogP contribution in [-0.2, 0) is 26.6 Å². The SMILES string of the molecule is CO[Si](CN(CCCCCCN(C)C)C[Si](OC)(OC)OC)(OC)OC. The van der Waals surface area contributed by atoms with Crippen LogP contribution in [0, 0.1) is 0 Å². The van der Waals surface area contributed by atoms with Crippen molar-refractivity contribution < 1.29 is 26.6 Å². The third kappa shape index (κ3) is 9.35. The molecule has 0 spiro atoms. The van der Waals surface area contributed by atoms with E-state index in [2.05, 4.69) is 23.9 Å². The van der Waals surface area contributed by atoms with Gasteiger partial charge in [-0.25, -0.2) is 0 Å². The van der Waals surface area contributed by atoms with Gasteiger partial charge in [0.1, 0.15) is 0 Å². The van der Waals surface area contributed by atoms with Crippen LogP contribution in [0.3, 0.4) is 0 Å². The van der Waals surface area contributed by atoms with Crippen molar-refractivity contribution >= 4 is 17.6 Å². The van der Waals surface area contributed by atoms with Crippen LogP contribution in [0.1, 0.15) is 25.7 Å². The van der Waals surface area contributed by atoms with Crippen LogP contribution >= 0.6 is 0 Å².